The maximum atomic E-state index is 11.5. The molecule has 1 fully saturated rings. The van der Waals surface area contributed by atoms with Crippen molar-refractivity contribution in [3.8, 4) is 0 Å². The van der Waals surface area contributed by atoms with Crippen molar-refractivity contribution in [3.05, 3.63) is 38.9 Å². The van der Waals surface area contributed by atoms with Crippen LogP contribution >= 0.6 is 11.6 Å². The lowest BCUT2D eigenvalue weighted by atomic mass is 10.0. The molecule has 0 aromatic heterocycles. The average Bonchev–Trinajstić information content (AvgIpc) is 2.86. The lowest BCUT2D eigenvalue weighted by Gasteiger charge is -2.26. The van der Waals surface area contributed by atoms with Gasteiger partial charge in [0.25, 0.3) is 5.69 Å². The van der Waals surface area contributed by atoms with Crippen molar-refractivity contribution < 1.29 is 23.9 Å². The van der Waals surface area contributed by atoms with Crippen LogP contribution in [0.15, 0.2) is 18.2 Å². The van der Waals surface area contributed by atoms with Crippen molar-refractivity contribution in [2.45, 2.75) is 18.6 Å². The van der Waals surface area contributed by atoms with Gasteiger partial charge in [-0.05, 0) is 12.1 Å². The van der Waals surface area contributed by atoms with Gasteiger partial charge in [0.2, 0.25) is 0 Å². The SMILES string of the molecule is COC(=O)CC1(Cc2cc(Cl)ccc2[N+](=O)[O-])OCCO1. The Morgan fingerprint density at radius 2 is 2.14 bits per heavy atom. The number of halogens is 1. The van der Waals surface area contributed by atoms with E-state index in [1.807, 2.05) is 0 Å². The molecule has 0 aliphatic carbocycles. The molecule has 0 unspecified atom stereocenters. The van der Waals surface area contributed by atoms with Crippen LogP contribution in [0, 0.1) is 10.1 Å². The fourth-order valence-corrected chi connectivity index (χ4v) is 2.41. The number of benzene rings is 1. The van der Waals surface area contributed by atoms with Crippen LogP contribution in [0.1, 0.15) is 12.0 Å². The Hall–Kier alpha value is -1.70. The van der Waals surface area contributed by atoms with Crippen LogP contribution in [-0.4, -0.2) is 37.0 Å². The van der Waals surface area contributed by atoms with Crippen LogP contribution < -0.4 is 0 Å². The maximum Gasteiger partial charge on any atom is 0.311 e. The first-order valence-electron chi connectivity index (χ1n) is 6.23. The summed E-state index contributed by atoms with van der Waals surface area (Å²) in [6.07, 6.45) is -0.105. The normalized spacial score (nSPS) is 16.7. The summed E-state index contributed by atoms with van der Waals surface area (Å²) in [4.78, 5) is 22.1. The molecule has 0 bridgehead atoms. The van der Waals surface area contributed by atoms with Crippen molar-refractivity contribution in [2.24, 2.45) is 0 Å². The zero-order valence-electron chi connectivity index (χ0n) is 11.3. The third-order valence-corrected chi connectivity index (χ3v) is 3.39. The molecule has 0 radical (unpaired) electrons. The number of esters is 1. The van der Waals surface area contributed by atoms with Gasteiger partial charge in [0.05, 0.1) is 31.7 Å². The van der Waals surface area contributed by atoms with E-state index in [2.05, 4.69) is 4.74 Å². The van der Waals surface area contributed by atoms with E-state index in [1.54, 1.807) is 0 Å². The van der Waals surface area contributed by atoms with Gasteiger partial charge in [-0.3, -0.25) is 14.9 Å². The molecule has 0 atom stereocenters. The molecular weight excluding hydrogens is 302 g/mol. The zero-order valence-corrected chi connectivity index (χ0v) is 12.1. The number of nitro benzene ring substituents is 1. The molecule has 0 saturated carbocycles. The van der Waals surface area contributed by atoms with E-state index < -0.39 is 16.7 Å². The first-order chi connectivity index (χ1) is 9.96. The summed E-state index contributed by atoms with van der Waals surface area (Å²) in [5.74, 6) is -1.76. The van der Waals surface area contributed by atoms with E-state index >= 15 is 0 Å². The molecule has 0 amide bonds. The highest BCUT2D eigenvalue weighted by atomic mass is 35.5. The van der Waals surface area contributed by atoms with Crippen molar-refractivity contribution in [2.75, 3.05) is 20.3 Å². The minimum atomic E-state index is -1.25. The largest absolute Gasteiger partial charge is 0.469 e. The predicted octanol–water partition coefficient (Wildman–Crippen LogP) is 2.10. The summed E-state index contributed by atoms with van der Waals surface area (Å²) in [6.45, 7) is 0.622. The molecule has 1 heterocycles. The Morgan fingerprint density at radius 3 is 2.71 bits per heavy atom. The van der Waals surface area contributed by atoms with E-state index in [-0.39, 0.29) is 18.5 Å². The monoisotopic (exact) mass is 315 g/mol. The fraction of sp³-hybridized carbons (Fsp3) is 0.462. The van der Waals surface area contributed by atoms with Gasteiger partial charge in [-0.1, -0.05) is 11.6 Å². The second kappa shape index (κ2) is 6.38. The van der Waals surface area contributed by atoms with Gasteiger partial charge in [-0.2, -0.15) is 0 Å². The minimum absolute atomic E-state index is 0.0406. The number of nitro groups is 1. The van der Waals surface area contributed by atoms with Crippen molar-refractivity contribution in [3.63, 3.8) is 0 Å². The average molecular weight is 316 g/mol. The second-order valence-corrected chi connectivity index (χ2v) is 5.00. The van der Waals surface area contributed by atoms with Gasteiger partial charge in [0.1, 0.15) is 0 Å². The number of methoxy groups -OCH3 is 1. The van der Waals surface area contributed by atoms with Crippen LogP contribution in [0.3, 0.4) is 0 Å². The second-order valence-electron chi connectivity index (χ2n) is 4.57. The summed E-state index contributed by atoms with van der Waals surface area (Å²) >= 11 is 5.89. The van der Waals surface area contributed by atoms with Crippen molar-refractivity contribution in [1.82, 2.24) is 0 Å². The van der Waals surface area contributed by atoms with Gasteiger partial charge >= 0.3 is 5.97 Å². The summed E-state index contributed by atoms with van der Waals surface area (Å²) in [5, 5.41) is 11.4. The lowest BCUT2D eigenvalue weighted by Crippen LogP contribution is -2.36. The van der Waals surface area contributed by atoms with Crippen LogP contribution in [0.5, 0.6) is 0 Å². The number of carbonyl (C=O) groups is 1. The highest BCUT2D eigenvalue weighted by molar-refractivity contribution is 6.30. The van der Waals surface area contributed by atoms with E-state index in [0.29, 0.717) is 23.8 Å². The molecule has 114 valence electrons. The smallest absolute Gasteiger partial charge is 0.311 e. The molecule has 0 N–H and O–H groups in total. The van der Waals surface area contributed by atoms with Gasteiger partial charge in [-0.25, -0.2) is 0 Å². The molecule has 8 heteroatoms. The Labute approximate surface area is 125 Å². The molecule has 2 rings (SSSR count). The first-order valence-corrected chi connectivity index (χ1v) is 6.61. The third kappa shape index (κ3) is 3.69. The Bertz CT molecular complexity index is 556. The number of hydrogen-bond donors (Lipinski definition) is 0. The predicted molar refractivity (Wildman–Crippen MR) is 73.1 cm³/mol. The highest BCUT2D eigenvalue weighted by Crippen LogP contribution is 2.33. The molecule has 1 saturated heterocycles. The number of ether oxygens (including phenoxy) is 3. The van der Waals surface area contributed by atoms with Crippen LogP contribution in [-0.2, 0) is 25.4 Å². The van der Waals surface area contributed by atoms with Gasteiger partial charge in [-0.15, -0.1) is 0 Å². The molecule has 1 aliphatic heterocycles. The van der Waals surface area contributed by atoms with Crippen LogP contribution in [0.4, 0.5) is 5.69 Å². The first kappa shape index (κ1) is 15.7. The third-order valence-electron chi connectivity index (χ3n) is 3.15. The molecule has 7 nitrogen and oxygen atoms in total. The summed E-state index contributed by atoms with van der Waals surface area (Å²) in [5.41, 5.74) is 0.251. The van der Waals surface area contributed by atoms with Gasteiger partial charge in [0, 0.05) is 23.1 Å². The van der Waals surface area contributed by atoms with E-state index in [9.17, 15) is 14.9 Å². The quantitative estimate of drug-likeness (QED) is 0.469. The lowest BCUT2D eigenvalue weighted by molar-refractivity contribution is -0.386. The minimum Gasteiger partial charge on any atom is -0.469 e. The van der Waals surface area contributed by atoms with Gasteiger partial charge in [0.15, 0.2) is 5.79 Å². The maximum absolute atomic E-state index is 11.5. The molecular formula is C13H14ClNO6. The number of carbonyl (C=O) groups excluding carboxylic acids is 1. The van der Waals surface area contributed by atoms with E-state index in [0.717, 1.165) is 0 Å². The number of nitrogens with zero attached hydrogens (tertiary/aromatic N) is 1. The fourth-order valence-electron chi connectivity index (χ4n) is 2.22. The van der Waals surface area contributed by atoms with Crippen molar-refractivity contribution in [1.29, 1.82) is 0 Å². The highest BCUT2D eigenvalue weighted by Gasteiger charge is 2.41. The summed E-state index contributed by atoms with van der Waals surface area (Å²) in [7, 11) is 1.26. The summed E-state index contributed by atoms with van der Waals surface area (Å²) in [6, 6.07) is 4.23. The Morgan fingerprint density at radius 1 is 1.48 bits per heavy atom. The molecule has 21 heavy (non-hydrogen) atoms. The molecule has 1 aromatic carbocycles. The number of rotatable bonds is 5. The summed E-state index contributed by atoms with van der Waals surface area (Å²) < 4.78 is 15.6. The molecule has 1 aromatic rings. The van der Waals surface area contributed by atoms with Crippen molar-refractivity contribution >= 4 is 23.3 Å². The zero-order chi connectivity index (χ0) is 15.5. The molecule has 0 spiro atoms. The molecule has 1 aliphatic rings. The van der Waals surface area contributed by atoms with E-state index in [4.69, 9.17) is 21.1 Å². The standard InChI is InChI=1S/C13H14ClNO6/c1-19-12(16)8-13(20-4-5-21-13)7-9-6-10(14)2-3-11(9)15(17)18/h2-3,6H,4-5,7-8H2,1H3. The van der Waals surface area contributed by atoms with Gasteiger partial charge < -0.3 is 14.2 Å². The Kier molecular flexibility index (Phi) is 4.76. The van der Waals surface area contributed by atoms with E-state index in [1.165, 1.54) is 25.3 Å². The van der Waals surface area contributed by atoms with Crippen LogP contribution in [0.2, 0.25) is 5.02 Å². The Balaban J connectivity index is 2.31. The number of hydrogen-bond acceptors (Lipinski definition) is 6. The topological polar surface area (TPSA) is 87.9 Å². The van der Waals surface area contributed by atoms with Crippen LogP contribution in [0.25, 0.3) is 0 Å².